The summed E-state index contributed by atoms with van der Waals surface area (Å²) in [5.41, 5.74) is 0. The van der Waals surface area contributed by atoms with E-state index in [-0.39, 0.29) is 0 Å². The van der Waals surface area contributed by atoms with Gasteiger partial charge in [-0.25, -0.2) is 0 Å². The Kier molecular flexibility index (Phi) is 7.68. The molecule has 22 heavy (non-hydrogen) atoms. The van der Waals surface area contributed by atoms with E-state index in [1.165, 1.54) is 0 Å². The number of aliphatic carboxylic acids is 2. The van der Waals surface area contributed by atoms with Crippen molar-refractivity contribution in [1.29, 1.82) is 0 Å². The lowest BCUT2D eigenvalue weighted by molar-refractivity contribution is -0.327. The summed E-state index contributed by atoms with van der Waals surface area (Å²) in [6.07, 6.45) is -14.4. The molecule has 0 N–H and O–H groups in total. The lowest BCUT2D eigenvalue weighted by atomic mass is 9.84. The average molecular weight is 336 g/mol. The van der Waals surface area contributed by atoms with Gasteiger partial charge in [-0.3, -0.25) is 0 Å². The van der Waals surface area contributed by atoms with Crippen molar-refractivity contribution in [3.05, 3.63) is 0 Å². The summed E-state index contributed by atoms with van der Waals surface area (Å²) in [4.78, 5) is 21.7. The third-order valence-electron chi connectivity index (χ3n) is 3.04. The predicted molar refractivity (Wildman–Crippen MR) is 56.8 cm³/mol. The van der Waals surface area contributed by atoms with Crippen molar-refractivity contribution in [3.63, 3.8) is 0 Å². The van der Waals surface area contributed by atoms with Crippen molar-refractivity contribution in [2.75, 3.05) is 0 Å². The van der Waals surface area contributed by atoms with E-state index in [4.69, 9.17) is 0 Å². The normalized spacial score (nSPS) is 15.4. The van der Waals surface area contributed by atoms with Gasteiger partial charge < -0.3 is 19.8 Å². The van der Waals surface area contributed by atoms with Crippen LogP contribution in [0.1, 0.15) is 38.5 Å². The van der Waals surface area contributed by atoms with Crippen LogP contribution in [-0.4, -0.2) is 24.3 Å². The van der Waals surface area contributed by atoms with Gasteiger partial charge in [0.1, 0.15) is 0 Å². The molecule has 4 nitrogen and oxygen atoms in total. The second kappa shape index (κ2) is 8.23. The van der Waals surface area contributed by atoms with Crippen LogP contribution in [0, 0.1) is 11.8 Å². The quantitative estimate of drug-likeness (QED) is 0.592. The fourth-order valence-corrected chi connectivity index (χ4v) is 2.01. The van der Waals surface area contributed by atoms with E-state index in [9.17, 15) is 46.1 Å². The maximum Gasteiger partial charge on any atom is 0.389 e. The number of carboxylic acid groups (broad SMARTS) is 2. The van der Waals surface area contributed by atoms with Crippen LogP contribution in [0.3, 0.4) is 0 Å². The van der Waals surface area contributed by atoms with E-state index in [1.807, 2.05) is 0 Å². The number of carbonyl (C=O) groups is 2. The maximum atomic E-state index is 12.0. The van der Waals surface area contributed by atoms with Crippen LogP contribution >= 0.6 is 0 Å². The summed E-state index contributed by atoms with van der Waals surface area (Å²) in [6.45, 7) is 0. The number of alkyl halides is 6. The van der Waals surface area contributed by atoms with Crippen molar-refractivity contribution in [2.24, 2.45) is 11.8 Å². The lowest BCUT2D eigenvalue weighted by Crippen LogP contribution is -2.44. The van der Waals surface area contributed by atoms with Gasteiger partial charge in [-0.15, -0.1) is 0 Å². The average Bonchev–Trinajstić information content (AvgIpc) is 2.27. The van der Waals surface area contributed by atoms with Gasteiger partial charge in [-0.1, -0.05) is 0 Å². The van der Waals surface area contributed by atoms with E-state index >= 15 is 0 Å². The van der Waals surface area contributed by atoms with Crippen LogP contribution in [-0.2, 0) is 9.59 Å². The van der Waals surface area contributed by atoms with Crippen LogP contribution < -0.4 is 10.2 Å². The molecule has 0 saturated carbocycles. The fraction of sp³-hybridized carbons (Fsp3) is 0.833. The Bertz CT molecular complexity index is 341. The summed E-state index contributed by atoms with van der Waals surface area (Å²) in [6, 6.07) is 0. The molecule has 10 heteroatoms. The minimum atomic E-state index is -4.54. The molecule has 2 atom stereocenters. The first-order chi connectivity index (χ1) is 9.83. The van der Waals surface area contributed by atoms with Crippen LogP contribution in [0.4, 0.5) is 26.3 Å². The highest BCUT2D eigenvalue weighted by Gasteiger charge is 2.31. The molecule has 0 heterocycles. The predicted octanol–water partition coefficient (Wildman–Crippen LogP) is 1.18. The Labute approximate surface area is 122 Å². The second-order valence-corrected chi connectivity index (χ2v) is 4.87. The van der Waals surface area contributed by atoms with E-state index < -0.39 is 74.7 Å². The first kappa shape index (κ1) is 20.5. The zero-order valence-electron chi connectivity index (χ0n) is 11.3. The first-order valence-electron chi connectivity index (χ1n) is 6.38. The summed E-state index contributed by atoms with van der Waals surface area (Å²) >= 11 is 0. The molecule has 0 aliphatic carbocycles. The first-order valence-corrected chi connectivity index (χ1v) is 6.38. The molecular formula is C12H14F6O4-2. The van der Waals surface area contributed by atoms with E-state index in [1.54, 1.807) is 0 Å². The third kappa shape index (κ3) is 9.46. The van der Waals surface area contributed by atoms with Crippen LogP contribution in [0.25, 0.3) is 0 Å². The second-order valence-electron chi connectivity index (χ2n) is 4.87. The molecule has 0 aromatic rings. The smallest absolute Gasteiger partial charge is 0.389 e. The summed E-state index contributed by atoms with van der Waals surface area (Å²) in [5.74, 6) is -7.46. The highest BCUT2D eigenvalue weighted by molar-refractivity contribution is 5.77. The molecule has 0 saturated heterocycles. The van der Waals surface area contributed by atoms with Gasteiger partial charge in [0.05, 0.1) is 0 Å². The van der Waals surface area contributed by atoms with Crippen molar-refractivity contribution >= 4 is 11.9 Å². The van der Waals surface area contributed by atoms with Crippen molar-refractivity contribution in [1.82, 2.24) is 0 Å². The highest BCUT2D eigenvalue weighted by atomic mass is 19.4. The number of carboxylic acids is 2. The van der Waals surface area contributed by atoms with Gasteiger partial charge in [-0.05, 0) is 25.7 Å². The minimum Gasteiger partial charge on any atom is -0.550 e. The highest BCUT2D eigenvalue weighted by Crippen LogP contribution is 2.30. The van der Waals surface area contributed by atoms with Crippen LogP contribution in [0.2, 0.25) is 0 Å². The molecule has 0 aromatic carbocycles. The third-order valence-corrected chi connectivity index (χ3v) is 3.04. The molecule has 0 aromatic heterocycles. The topological polar surface area (TPSA) is 80.3 Å². The Morgan fingerprint density at radius 2 is 1.00 bits per heavy atom. The van der Waals surface area contributed by atoms with Gasteiger partial charge in [0.2, 0.25) is 0 Å². The van der Waals surface area contributed by atoms with Gasteiger partial charge in [0.15, 0.2) is 0 Å². The van der Waals surface area contributed by atoms with Crippen molar-refractivity contribution < 1.29 is 46.1 Å². The Morgan fingerprint density at radius 3 is 1.18 bits per heavy atom. The van der Waals surface area contributed by atoms with Crippen LogP contribution in [0.5, 0.6) is 0 Å². The van der Waals surface area contributed by atoms with Gasteiger partial charge in [0.25, 0.3) is 0 Å². The van der Waals surface area contributed by atoms with Crippen LogP contribution in [0.15, 0.2) is 0 Å². The van der Waals surface area contributed by atoms with Gasteiger partial charge in [0, 0.05) is 36.6 Å². The number of carbonyl (C=O) groups excluding carboxylic acids is 2. The number of rotatable bonds is 9. The molecule has 0 amide bonds. The molecule has 2 unspecified atom stereocenters. The standard InChI is InChI=1S/C12H16F6O4/c13-11(14,15)5-1-3-7(9(19)20)8(10(21)22)4-2-6-12(16,17)18/h7-8H,1-6H2,(H,19,20)(H,21,22)/p-2. The monoisotopic (exact) mass is 336 g/mol. The maximum absolute atomic E-state index is 12.0. The molecule has 0 aliphatic heterocycles. The van der Waals surface area contributed by atoms with Crippen molar-refractivity contribution in [2.45, 2.75) is 50.9 Å². The largest absolute Gasteiger partial charge is 0.550 e. The summed E-state index contributed by atoms with van der Waals surface area (Å²) < 4.78 is 71.9. The fourth-order valence-electron chi connectivity index (χ4n) is 2.01. The van der Waals surface area contributed by atoms with Gasteiger partial charge >= 0.3 is 12.4 Å². The summed E-state index contributed by atoms with van der Waals surface area (Å²) in [7, 11) is 0. The molecule has 130 valence electrons. The summed E-state index contributed by atoms with van der Waals surface area (Å²) in [5, 5.41) is 21.7. The Morgan fingerprint density at radius 1 is 0.727 bits per heavy atom. The minimum absolute atomic E-state index is 0.660. The van der Waals surface area contributed by atoms with E-state index in [0.29, 0.717) is 0 Å². The molecule has 0 bridgehead atoms. The number of hydrogen-bond acceptors (Lipinski definition) is 4. The van der Waals surface area contributed by atoms with Crippen molar-refractivity contribution in [3.8, 4) is 0 Å². The zero-order chi connectivity index (χ0) is 17.6. The number of hydrogen-bond donors (Lipinski definition) is 0. The molecule has 0 rings (SSSR count). The molecule has 0 radical (unpaired) electrons. The molecule has 0 spiro atoms. The molecule has 0 aliphatic rings. The number of halogens is 6. The Hall–Kier alpha value is -1.48. The zero-order valence-corrected chi connectivity index (χ0v) is 11.3. The Balaban J connectivity index is 4.68. The van der Waals surface area contributed by atoms with E-state index in [0.717, 1.165) is 0 Å². The lowest BCUT2D eigenvalue weighted by Gasteiger charge is -2.29. The molecular weight excluding hydrogens is 322 g/mol. The SMILES string of the molecule is O=C([O-])C(CCCC(F)(F)F)C(CCCC(F)(F)F)C(=O)[O-]. The van der Waals surface area contributed by atoms with E-state index in [2.05, 4.69) is 0 Å². The van der Waals surface area contributed by atoms with Gasteiger partial charge in [-0.2, -0.15) is 26.3 Å². The molecule has 0 fully saturated rings.